The Morgan fingerprint density at radius 2 is 1.93 bits per heavy atom. The summed E-state index contributed by atoms with van der Waals surface area (Å²) in [6.07, 6.45) is -4.73. The molecule has 0 aliphatic heterocycles. The highest BCUT2D eigenvalue weighted by atomic mass is 35.5. The number of aliphatic hydroxyl groups excluding tert-OH is 1. The molecule has 0 bridgehead atoms. The van der Waals surface area contributed by atoms with E-state index in [1.807, 2.05) is 0 Å². The van der Waals surface area contributed by atoms with Crippen LogP contribution >= 0.6 is 11.6 Å². The van der Waals surface area contributed by atoms with Crippen LogP contribution in [-0.4, -0.2) is 17.9 Å². The number of alkyl halides is 3. The second-order valence-electron chi connectivity index (χ2n) is 3.14. The molecule has 0 fully saturated rings. The number of halogens is 4. The number of hydrogen-bond donors (Lipinski definition) is 2. The van der Waals surface area contributed by atoms with Crippen molar-refractivity contribution in [2.75, 3.05) is 6.61 Å². The van der Waals surface area contributed by atoms with E-state index in [1.165, 1.54) is 18.2 Å². The van der Waals surface area contributed by atoms with Gasteiger partial charge in [-0.05, 0) is 17.7 Å². The second-order valence-corrected chi connectivity index (χ2v) is 3.57. The van der Waals surface area contributed by atoms with Crippen molar-refractivity contribution in [3.05, 3.63) is 34.9 Å². The first-order valence-corrected chi connectivity index (χ1v) is 4.41. The summed E-state index contributed by atoms with van der Waals surface area (Å²) in [6.45, 7) is -1.23. The lowest BCUT2D eigenvalue weighted by Crippen LogP contribution is -2.53. The van der Waals surface area contributed by atoms with Crippen molar-refractivity contribution in [2.45, 2.75) is 11.7 Å². The van der Waals surface area contributed by atoms with Crippen molar-refractivity contribution in [1.29, 1.82) is 0 Å². The SMILES string of the molecule is NC(CO)(c1cccc(Cl)c1)C(F)(F)F. The monoisotopic (exact) mass is 239 g/mol. The summed E-state index contributed by atoms with van der Waals surface area (Å²) in [6, 6.07) is 5.04. The van der Waals surface area contributed by atoms with Gasteiger partial charge in [0.2, 0.25) is 0 Å². The maximum absolute atomic E-state index is 12.6. The summed E-state index contributed by atoms with van der Waals surface area (Å²) in [5.74, 6) is 0. The Balaban J connectivity index is 3.23. The highest BCUT2D eigenvalue weighted by Gasteiger charge is 2.52. The zero-order chi connectivity index (χ0) is 11.7. The largest absolute Gasteiger partial charge is 0.412 e. The number of benzene rings is 1. The van der Waals surface area contributed by atoms with Gasteiger partial charge >= 0.3 is 6.18 Å². The van der Waals surface area contributed by atoms with Gasteiger partial charge in [-0.1, -0.05) is 23.7 Å². The molecular weight excluding hydrogens is 231 g/mol. The van der Waals surface area contributed by atoms with E-state index in [2.05, 4.69) is 0 Å². The van der Waals surface area contributed by atoms with Crippen molar-refractivity contribution >= 4 is 11.6 Å². The standard InChI is InChI=1S/C9H9ClF3NO/c10-7-3-1-2-6(4-7)8(14,5-15)9(11,12)13/h1-4,15H,5,14H2. The molecule has 15 heavy (non-hydrogen) atoms. The molecular formula is C9H9ClF3NO. The van der Waals surface area contributed by atoms with Crippen LogP contribution in [0.25, 0.3) is 0 Å². The Labute approximate surface area is 89.5 Å². The van der Waals surface area contributed by atoms with Gasteiger partial charge in [0.25, 0.3) is 0 Å². The second kappa shape index (κ2) is 4.00. The number of hydrogen-bond acceptors (Lipinski definition) is 2. The van der Waals surface area contributed by atoms with Gasteiger partial charge in [-0.15, -0.1) is 0 Å². The van der Waals surface area contributed by atoms with Gasteiger partial charge in [-0.2, -0.15) is 13.2 Å². The molecule has 1 aromatic rings. The van der Waals surface area contributed by atoms with E-state index in [0.29, 0.717) is 0 Å². The highest BCUT2D eigenvalue weighted by Crippen LogP contribution is 2.36. The predicted molar refractivity (Wildman–Crippen MR) is 50.5 cm³/mol. The smallest absolute Gasteiger partial charge is 0.394 e. The van der Waals surface area contributed by atoms with Crippen LogP contribution in [0.4, 0.5) is 13.2 Å². The van der Waals surface area contributed by atoms with Gasteiger partial charge in [0.05, 0.1) is 6.61 Å². The number of rotatable bonds is 2. The maximum Gasteiger partial charge on any atom is 0.412 e. The fraction of sp³-hybridized carbons (Fsp3) is 0.333. The van der Waals surface area contributed by atoms with E-state index in [1.54, 1.807) is 0 Å². The molecule has 3 N–H and O–H groups in total. The zero-order valence-electron chi connectivity index (χ0n) is 7.55. The highest BCUT2D eigenvalue weighted by molar-refractivity contribution is 6.30. The van der Waals surface area contributed by atoms with Crippen LogP contribution in [0.15, 0.2) is 24.3 Å². The average molecular weight is 240 g/mol. The van der Waals surface area contributed by atoms with Crippen molar-refractivity contribution in [2.24, 2.45) is 5.73 Å². The minimum atomic E-state index is -4.73. The molecule has 0 amide bonds. The maximum atomic E-state index is 12.6. The molecule has 1 atom stereocenters. The van der Waals surface area contributed by atoms with Crippen molar-refractivity contribution in [3.8, 4) is 0 Å². The lowest BCUT2D eigenvalue weighted by molar-refractivity contribution is -0.199. The first-order valence-electron chi connectivity index (χ1n) is 4.04. The molecule has 1 unspecified atom stereocenters. The van der Waals surface area contributed by atoms with Crippen LogP contribution in [0, 0.1) is 0 Å². The van der Waals surface area contributed by atoms with Crippen LogP contribution in [0.1, 0.15) is 5.56 Å². The Bertz CT molecular complexity index is 355. The molecule has 0 aliphatic rings. The van der Waals surface area contributed by atoms with Gasteiger partial charge in [0.1, 0.15) is 0 Å². The Kier molecular flexibility index (Phi) is 3.28. The summed E-state index contributed by atoms with van der Waals surface area (Å²) in [5, 5.41) is 8.92. The van der Waals surface area contributed by atoms with E-state index < -0.39 is 18.3 Å². The Morgan fingerprint density at radius 3 is 2.33 bits per heavy atom. The van der Waals surface area contributed by atoms with Crippen LogP contribution in [-0.2, 0) is 5.54 Å². The van der Waals surface area contributed by atoms with Crippen LogP contribution in [0.3, 0.4) is 0 Å². The van der Waals surface area contributed by atoms with Crippen LogP contribution in [0.5, 0.6) is 0 Å². The molecule has 1 aromatic carbocycles. The molecule has 0 saturated heterocycles. The molecule has 0 spiro atoms. The lowest BCUT2D eigenvalue weighted by atomic mass is 9.91. The molecule has 0 radical (unpaired) electrons. The third kappa shape index (κ3) is 2.25. The minimum Gasteiger partial charge on any atom is -0.394 e. The first kappa shape index (κ1) is 12.3. The molecule has 0 aromatic heterocycles. The molecule has 0 aliphatic carbocycles. The summed E-state index contributed by atoms with van der Waals surface area (Å²) in [5.41, 5.74) is 2.11. The summed E-state index contributed by atoms with van der Waals surface area (Å²) in [7, 11) is 0. The van der Waals surface area contributed by atoms with Crippen LogP contribution < -0.4 is 5.73 Å². The minimum absolute atomic E-state index is 0.139. The van der Waals surface area contributed by atoms with E-state index in [9.17, 15) is 13.2 Å². The van der Waals surface area contributed by atoms with Gasteiger partial charge in [-0.3, -0.25) is 0 Å². The van der Waals surface area contributed by atoms with Crippen LogP contribution in [0.2, 0.25) is 5.02 Å². The average Bonchev–Trinajstić information content (AvgIpc) is 2.14. The third-order valence-electron chi connectivity index (χ3n) is 2.09. The third-order valence-corrected chi connectivity index (χ3v) is 2.33. The van der Waals surface area contributed by atoms with Gasteiger partial charge in [0.15, 0.2) is 5.54 Å². The van der Waals surface area contributed by atoms with E-state index >= 15 is 0 Å². The van der Waals surface area contributed by atoms with Gasteiger partial charge in [0, 0.05) is 5.02 Å². The van der Waals surface area contributed by atoms with E-state index in [4.69, 9.17) is 22.4 Å². The Hall–Kier alpha value is -0.780. The van der Waals surface area contributed by atoms with E-state index in [0.717, 1.165) is 6.07 Å². The molecule has 84 valence electrons. The molecule has 2 nitrogen and oxygen atoms in total. The fourth-order valence-electron chi connectivity index (χ4n) is 1.11. The zero-order valence-corrected chi connectivity index (χ0v) is 8.31. The summed E-state index contributed by atoms with van der Waals surface area (Å²) >= 11 is 5.55. The molecule has 6 heteroatoms. The van der Waals surface area contributed by atoms with Gasteiger partial charge < -0.3 is 10.8 Å². The Morgan fingerprint density at radius 1 is 1.33 bits per heavy atom. The summed E-state index contributed by atoms with van der Waals surface area (Å²) in [4.78, 5) is 0. The topological polar surface area (TPSA) is 46.2 Å². The number of nitrogens with two attached hydrogens (primary N) is 1. The van der Waals surface area contributed by atoms with E-state index in [-0.39, 0.29) is 10.6 Å². The molecule has 1 rings (SSSR count). The summed E-state index contributed by atoms with van der Waals surface area (Å²) < 4.78 is 37.8. The van der Waals surface area contributed by atoms with Crippen molar-refractivity contribution in [3.63, 3.8) is 0 Å². The first-order chi connectivity index (χ1) is 6.81. The van der Waals surface area contributed by atoms with Crippen molar-refractivity contribution < 1.29 is 18.3 Å². The van der Waals surface area contributed by atoms with Gasteiger partial charge in [-0.25, -0.2) is 0 Å². The molecule has 0 heterocycles. The molecule has 0 saturated carbocycles. The predicted octanol–water partition coefficient (Wildman–Crippen LogP) is 2.05. The fourth-order valence-corrected chi connectivity index (χ4v) is 1.30. The normalized spacial score (nSPS) is 16.1. The lowest BCUT2D eigenvalue weighted by Gasteiger charge is -2.30. The number of aliphatic hydroxyl groups is 1. The van der Waals surface area contributed by atoms with Crippen molar-refractivity contribution in [1.82, 2.24) is 0 Å². The quantitative estimate of drug-likeness (QED) is 0.830.